The molecule has 0 radical (unpaired) electrons. The van der Waals surface area contributed by atoms with Gasteiger partial charge in [-0.1, -0.05) is 0 Å². The lowest BCUT2D eigenvalue weighted by Gasteiger charge is -2.27. The average molecular weight is 242 g/mol. The van der Waals surface area contributed by atoms with Gasteiger partial charge in [0, 0.05) is 19.5 Å². The molecule has 1 atom stereocenters. The number of carbonyl (C=O) groups excluding carboxylic acids is 1. The second kappa shape index (κ2) is 6.97. The van der Waals surface area contributed by atoms with Crippen molar-refractivity contribution in [3.8, 4) is 0 Å². The molecular formula is C13H26N2O2. The van der Waals surface area contributed by atoms with E-state index in [1.165, 1.54) is 0 Å². The number of likely N-dealkylation sites (N-methyl/N-ethyl adjacent to an activating group) is 1. The summed E-state index contributed by atoms with van der Waals surface area (Å²) in [6.07, 6.45) is 6.08. The lowest BCUT2D eigenvalue weighted by Crippen LogP contribution is -2.37. The van der Waals surface area contributed by atoms with Crippen molar-refractivity contribution < 1.29 is 9.90 Å². The Morgan fingerprint density at radius 1 is 1.41 bits per heavy atom. The topological polar surface area (TPSA) is 66.6 Å². The Hall–Kier alpha value is -0.610. The summed E-state index contributed by atoms with van der Waals surface area (Å²) in [7, 11) is 1.76. The number of nitrogens with two attached hydrogens (primary N) is 1. The number of amides is 1. The molecule has 17 heavy (non-hydrogen) atoms. The van der Waals surface area contributed by atoms with Crippen molar-refractivity contribution in [2.45, 2.75) is 57.5 Å². The van der Waals surface area contributed by atoms with Crippen molar-refractivity contribution in [2.24, 2.45) is 11.7 Å². The lowest BCUT2D eigenvalue weighted by atomic mass is 9.83. The van der Waals surface area contributed by atoms with Crippen LogP contribution in [0.4, 0.5) is 0 Å². The summed E-state index contributed by atoms with van der Waals surface area (Å²) < 4.78 is 0. The van der Waals surface area contributed by atoms with Crippen LogP contribution in [0.3, 0.4) is 0 Å². The Balaban J connectivity index is 2.23. The zero-order chi connectivity index (χ0) is 12.8. The fraction of sp³-hybridized carbons (Fsp3) is 0.923. The van der Waals surface area contributed by atoms with Crippen LogP contribution in [-0.4, -0.2) is 41.7 Å². The van der Waals surface area contributed by atoms with Gasteiger partial charge in [-0.05, 0) is 44.9 Å². The summed E-state index contributed by atoms with van der Waals surface area (Å²) in [5.41, 5.74) is 5.86. The minimum atomic E-state index is -0.0812. The lowest BCUT2D eigenvalue weighted by molar-refractivity contribution is -0.132. The molecule has 0 aromatic heterocycles. The van der Waals surface area contributed by atoms with E-state index >= 15 is 0 Å². The average Bonchev–Trinajstić information content (AvgIpc) is 2.35. The van der Waals surface area contributed by atoms with Crippen molar-refractivity contribution in [2.75, 3.05) is 13.7 Å². The second-order valence-corrected chi connectivity index (χ2v) is 5.36. The zero-order valence-electron chi connectivity index (χ0n) is 11.1. The van der Waals surface area contributed by atoms with Gasteiger partial charge >= 0.3 is 0 Å². The highest BCUT2D eigenvalue weighted by atomic mass is 16.3. The van der Waals surface area contributed by atoms with Gasteiger partial charge in [0.05, 0.1) is 12.6 Å². The molecule has 100 valence electrons. The van der Waals surface area contributed by atoms with Gasteiger partial charge in [0.1, 0.15) is 0 Å². The first-order valence-corrected chi connectivity index (χ1v) is 6.66. The van der Waals surface area contributed by atoms with Crippen LogP contribution in [0.2, 0.25) is 0 Å². The minimum absolute atomic E-state index is 0.0283. The molecule has 0 aromatic carbocycles. The fourth-order valence-corrected chi connectivity index (χ4v) is 2.35. The summed E-state index contributed by atoms with van der Waals surface area (Å²) >= 11 is 0. The van der Waals surface area contributed by atoms with E-state index in [0.717, 1.165) is 32.1 Å². The number of carbonyl (C=O) groups is 1. The molecule has 1 saturated carbocycles. The van der Waals surface area contributed by atoms with Gasteiger partial charge in [0.25, 0.3) is 0 Å². The zero-order valence-corrected chi connectivity index (χ0v) is 11.1. The molecule has 0 spiro atoms. The Morgan fingerprint density at radius 3 is 2.53 bits per heavy atom. The van der Waals surface area contributed by atoms with Crippen LogP contribution in [-0.2, 0) is 4.79 Å². The van der Waals surface area contributed by atoms with Crippen molar-refractivity contribution in [3.63, 3.8) is 0 Å². The van der Waals surface area contributed by atoms with E-state index < -0.39 is 0 Å². The maximum atomic E-state index is 11.8. The number of hydrogen-bond acceptors (Lipinski definition) is 3. The SMILES string of the molecule is CC(CO)N(C)C(=O)CCC1CCC(N)CC1. The summed E-state index contributed by atoms with van der Waals surface area (Å²) in [6.45, 7) is 1.89. The van der Waals surface area contributed by atoms with Crippen molar-refractivity contribution >= 4 is 5.91 Å². The first-order valence-electron chi connectivity index (χ1n) is 6.66. The number of nitrogens with zero attached hydrogens (tertiary/aromatic N) is 1. The van der Waals surface area contributed by atoms with Gasteiger partial charge in [0.15, 0.2) is 0 Å². The smallest absolute Gasteiger partial charge is 0.222 e. The molecule has 0 heterocycles. The number of aliphatic hydroxyl groups excluding tert-OH is 1. The molecule has 4 nitrogen and oxygen atoms in total. The molecule has 0 bridgehead atoms. The molecule has 1 aliphatic carbocycles. The molecule has 1 fully saturated rings. The quantitative estimate of drug-likeness (QED) is 0.759. The largest absolute Gasteiger partial charge is 0.394 e. The molecule has 0 aromatic rings. The molecule has 1 rings (SSSR count). The highest BCUT2D eigenvalue weighted by Gasteiger charge is 2.21. The number of hydrogen-bond donors (Lipinski definition) is 2. The third kappa shape index (κ3) is 4.64. The first kappa shape index (κ1) is 14.5. The molecule has 1 amide bonds. The van der Waals surface area contributed by atoms with Gasteiger partial charge in [-0.15, -0.1) is 0 Å². The summed E-state index contributed by atoms with van der Waals surface area (Å²) in [6, 6.07) is 0.293. The van der Waals surface area contributed by atoms with E-state index in [2.05, 4.69) is 0 Å². The summed E-state index contributed by atoms with van der Waals surface area (Å²) in [5, 5.41) is 8.99. The van der Waals surface area contributed by atoms with Crippen LogP contribution in [0.1, 0.15) is 45.4 Å². The Bertz CT molecular complexity index is 238. The monoisotopic (exact) mass is 242 g/mol. The van der Waals surface area contributed by atoms with E-state index in [4.69, 9.17) is 10.8 Å². The van der Waals surface area contributed by atoms with Gasteiger partial charge in [0.2, 0.25) is 5.91 Å². The highest BCUT2D eigenvalue weighted by Crippen LogP contribution is 2.27. The van der Waals surface area contributed by atoms with Crippen molar-refractivity contribution in [3.05, 3.63) is 0 Å². The number of aliphatic hydroxyl groups is 1. The molecule has 3 N–H and O–H groups in total. The molecular weight excluding hydrogens is 216 g/mol. The minimum Gasteiger partial charge on any atom is -0.394 e. The summed E-state index contributed by atoms with van der Waals surface area (Å²) in [5.74, 6) is 0.804. The second-order valence-electron chi connectivity index (χ2n) is 5.36. The molecule has 4 heteroatoms. The van der Waals surface area contributed by atoms with Crippen LogP contribution in [0.25, 0.3) is 0 Å². The molecule has 1 unspecified atom stereocenters. The van der Waals surface area contributed by atoms with E-state index in [1.54, 1.807) is 11.9 Å². The van der Waals surface area contributed by atoms with Gasteiger partial charge in [-0.3, -0.25) is 4.79 Å². The Kier molecular flexibility index (Phi) is 5.92. The highest BCUT2D eigenvalue weighted by molar-refractivity contribution is 5.76. The first-order chi connectivity index (χ1) is 8.04. The molecule has 0 saturated heterocycles. The predicted molar refractivity (Wildman–Crippen MR) is 68.5 cm³/mol. The van der Waals surface area contributed by atoms with Crippen LogP contribution in [0.5, 0.6) is 0 Å². The summed E-state index contributed by atoms with van der Waals surface area (Å²) in [4.78, 5) is 13.5. The van der Waals surface area contributed by atoms with E-state index in [1.807, 2.05) is 6.92 Å². The third-order valence-corrected chi connectivity index (χ3v) is 3.98. The molecule has 1 aliphatic rings. The van der Waals surface area contributed by atoms with Gasteiger partial charge in [-0.25, -0.2) is 0 Å². The van der Waals surface area contributed by atoms with Gasteiger partial charge in [-0.2, -0.15) is 0 Å². The van der Waals surface area contributed by atoms with E-state index in [-0.39, 0.29) is 18.6 Å². The van der Waals surface area contributed by atoms with Crippen molar-refractivity contribution in [1.29, 1.82) is 0 Å². The van der Waals surface area contributed by atoms with E-state index in [0.29, 0.717) is 18.4 Å². The standard InChI is InChI=1S/C13H26N2O2/c1-10(9-16)15(2)13(17)8-5-11-3-6-12(14)7-4-11/h10-12,16H,3-9,14H2,1-2H3. The third-order valence-electron chi connectivity index (χ3n) is 3.98. The van der Waals surface area contributed by atoms with E-state index in [9.17, 15) is 4.79 Å². The van der Waals surface area contributed by atoms with Gasteiger partial charge < -0.3 is 15.7 Å². The Morgan fingerprint density at radius 2 is 2.00 bits per heavy atom. The molecule has 0 aliphatic heterocycles. The van der Waals surface area contributed by atoms with Crippen LogP contribution < -0.4 is 5.73 Å². The fourth-order valence-electron chi connectivity index (χ4n) is 2.35. The normalized spacial score (nSPS) is 26.6. The number of rotatable bonds is 5. The van der Waals surface area contributed by atoms with Crippen LogP contribution in [0, 0.1) is 5.92 Å². The van der Waals surface area contributed by atoms with Crippen LogP contribution in [0.15, 0.2) is 0 Å². The van der Waals surface area contributed by atoms with Crippen molar-refractivity contribution in [1.82, 2.24) is 4.90 Å². The van der Waals surface area contributed by atoms with Crippen LogP contribution >= 0.6 is 0 Å². The maximum Gasteiger partial charge on any atom is 0.222 e. The Labute approximate surface area is 104 Å². The maximum absolute atomic E-state index is 11.8. The predicted octanol–water partition coefficient (Wildman–Crippen LogP) is 1.12.